The van der Waals surface area contributed by atoms with E-state index in [2.05, 4.69) is 22.2 Å². The van der Waals surface area contributed by atoms with E-state index in [1.807, 2.05) is 6.08 Å². The lowest BCUT2D eigenvalue weighted by atomic mass is 10.0. The number of hydrogen-bond donors (Lipinski definition) is 0. The minimum Gasteiger partial charge on any atom is -0.315 e. The molecule has 4 heterocycles. The van der Waals surface area contributed by atoms with Crippen molar-refractivity contribution in [2.24, 2.45) is 7.05 Å². The number of thioether (sulfide) groups is 1. The van der Waals surface area contributed by atoms with Gasteiger partial charge in [-0.15, -0.1) is 11.8 Å². The molecule has 2 aliphatic heterocycles. The third kappa shape index (κ3) is 3.39. The quantitative estimate of drug-likeness (QED) is 0.548. The number of anilines is 1. The lowest BCUT2D eigenvalue weighted by molar-refractivity contribution is -0.119. The number of carbonyl (C=O) groups is 2. The van der Waals surface area contributed by atoms with Crippen LogP contribution in [0.4, 0.5) is 10.5 Å². The Morgan fingerprint density at radius 2 is 2.03 bits per heavy atom. The van der Waals surface area contributed by atoms with Gasteiger partial charge >= 0.3 is 6.03 Å². The highest BCUT2D eigenvalue weighted by molar-refractivity contribution is 8.09. The molecule has 0 bridgehead atoms. The van der Waals surface area contributed by atoms with Crippen molar-refractivity contribution >= 4 is 56.8 Å². The summed E-state index contributed by atoms with van der Waals surface area (Å²) in [5, 5.41) is 23.5. The minimum absolute atomic E-state index is 0.111. The highest BCUT2D eigenvalue weighted by Crippen LogP contribution is 2.46. The highest BCUT2D eigenvalue weighted by atomic mass is 35.5. The zero-order chi connectivity index (χ0) is 24.0. The second-order valence-electron chi connectivity index (χ2n) is 7.78. The highest BCUT2D eigenvalue weighted by Gasteiger charge is 2.50. The molecule has 0 radical (unpaired) electrons. The van der Waals surface area contributed by atoms with Gasteiger partial charge in [-0.2, -0.15) is 15.6 Å². The van der Waals surface area contributed by atoms with Gasteiger partial charge < -0.3 is 4.90 Å². The van der Waals surface area contributed by atoms with Gasteiger partial charge in [0.05, 0.1) is 53.8 Å². The monoisotopic (exact) mass is 489 g/mol. The molecule has 3 aromatic rings. The number of urea groups is 1. The third-order valence-corrected chi connectivity index (χ3v) is 7.42. The van der Waals surface area contributed by atoms with Crippen LogP contribution in [0, 0.1) is 22.7 Å². The Morgan fingerprint density at radius 1 is 1.21 bits per heavy atom. The normalized spacial score (nSPS) is 19.7. The largest absolute Gasteiger partial charge is 0.332 e. The van der Waals surface area contributed by atoms with Gasteiger partial charge in [0.2, 0.25) is 0 Å². The fourth-order valence-corrected chi connectivity index (χ4v) is 5.83. The summed E-state index contributed by atoms with van der Waals surface area (Å²) in [6.45, 7) is 0.153. The molecule has 11 heteroatoms. The van der Waals surface area contributed by atoms with E-state index in [4.69, 9.17) is 11.6 Å². The number of nitriles is 2. The Morgan fingerprint density at radius 3 is 2.79 bits per heavy atom. The number of aromatic nitrogens is 3. The van der Waals surface area contributed by atoms with Crippen LogP contribution >= 0.6 is 23.4 Å². The average Bonchev–Trinajstić information content (AvgIpc) is 3.44. The van der Waals surface area contributed by atoms with Crippen molar-refractivity contribution in [1.82, 2.24) is 19.7 Å². The Hall–Kier alpha value is -3.86. The molecular formula is C23H16ClN7O2S. The first kappa shape index (κ1) is 22.0. The van der Waals surface area contributed by atoms with Gasteiger partial charge in [-0.25, -0.2) is 9.69 Å². The van der Waals surface area contributed by atoms with Crippen molar-refractivity contribution < 1.29 is 9.59 Å². The van der Waals surface area contributed by atoms with Crippen LogP contribution in [0.25, 0.3) is 15.8 Å². The molecule has 0 N–H and O–H groups in total. The molecule has 0 saturated carbocycles. The predicted octanol–water partition coefficient (Wildman–Crippen LogP) is 3.70. The van der Waals surface area contributed by atoms with E-state index in [-0.39, 0.29) is 13.0 Å². The lowest BCUT2D eigenvalue weighted by Gasteiger charge is -2.40. The van der Waals surface area contributed by atoms with Crippen molar-refractivity contribution in [3.05, 3.63) is 59.0 Å². The van der Waals surface area contributed by atoms with Gasteiger partial charge in [0.25, 0.3) is 5.91 Å². The molecule has 9 nitrogen and oxygen atoms in total. The minimum atomic E-state index is -0.652. The molecule has 1 fully saturated rings. The van der Waals surface area contributed by atoms with Gasteiger partial charge in [-0.05, 0) is 24.3 Å². The summed E-state index contributed by atoms with van der Waals surface area (Å²) in [7, 11) is 1.73. The maximum Gasteiger partial charge on any atom is 0.332 e. The molecule has 2 atom stereocenters. The molecule has 2 aromatic heterocycles. The van der Waals surface area contributed by atoms with E-state index in [0.717, 1.165) is 4.90 Å². The molecule has 2 unspecified atom stereocenters. The summed E-state index contributed by atoms with van der Waals surface area (Å²) in [5.74, 6) is -0.393. The number of nitrogens with zero attached hydrogens (tertiary/aromatic N) is 7. The summed E-state index contributed by atoms with van der Waals surface area (Å²) in [6, 6.07) is 8.08. The lowest BCUT2D eigenvalue weighted by Crippen LogP contribution is -2.62. The zero-order valence-electron chi connectivity index (χ0n) is 17.8. The molecule has 2 aliphatic rings. The van der Waals surface area contributed by atoms with Crippen LogP contribution < -0.4 is 4.90 Å². The third-order valence-electron chi connectivity index (χ3n) is 5.84. The van der Waals surface area contributed by atoms with Crippen molar-refractivity contribution in [2.75, 3.05) is 11.4 Å². The number of pyridine rings is 1. The van der Waals surface area contributed by atoms with Crippen LogP contribution in [0.5, 0.6) is 0 Å². The van der Waals surface area contributed by atoms with Gasteiger partial charge in [-0.3, -0.25) is 14.5 Å². The van der Waals surface area contributed by atoms with Gasteiger partial charge in [0, 0.05) is 40.7 Å². The summed E-state index contributed by atoms with van der Waals surface area (Å²) >= 11 is 7.46. The summed E-state index contributed by atoms with van der Waals surface area (Å²) in [6.07, 6.45) is 6.64. The average molecular weight is 490 g/mol. The number of imide groups is 1. The maximum absolute atomic E-state index is 13.7. The smallest absolute Gasteiger partial charge is 0.315 e. The van der Waals surface area contributed by atoms with Crippen molar-refractivity contribution in [2.45, 2.75) is 17.7 Å². The van der Waals surface area contributed by atoms with Crippen LogP contribution in [-0.4, -0.2) is 49.4 Å². The second-order valence-corrected chi connectivity index (χ2v) is 9.40. The molecule has 1 saturated heterocycles. The van der Waals surface area contributed by atoms with E-state index in [1.165, 1.54) is 22.9 Å². The molecule has 0 aliphatic carbocycles. The van der Waals surface area contributed by atoms with Gasteiger partial charge in [-0.1, -0.05) is 11.6 Å². The number of benzene rings is 1. The van der Waals surface area contributed by atoms with Gasteiger partial charge in [0.1, 0.15) is 5.25 Å². The summed E-state index contributed by atoms with van der Waals surface area (Å²) < 4.78 is 1.59. The number of aryl methyl sites for hydroxylation is 1. The van der Waals surface area contributed by atoms with Crippen molar-refractivity contribution in [3.63, 3.8) is 0 Å². The Balaban J connectivity index is 1.61. The molecule has 168 valence electrons. The molecular weight excluding hydrogens is 474 g/mol. The van der Waals surface area contributed by atoms with Crippen LogP contribution in [0.3, 0.4) is 0 Å². The van der Waals surface area contributed by atoms with E-state index < -0.39 is 23.2 Å². The first-order chi connectivity index (χ1) is 16.4. The number of hydrogen-bond acceptors (Lipinski definition) is 7. The summed E-state index contributed by atoms with van der Waals surface area (Å²) in [4.78, 5) is 34.9. The van der Waals surface area contributed by atoms with Crippen LogP contribution in [-0.2, 0) is 11.8 Å². The standard InChI is InChI=1S/C23H16ClN7O2S/c1-29-20-14(11-28-29)10-27-12-18(20)31-22(32)21-17(30(23(31)33)6-2-5-25)8-19(34-21)16-7-15(24)4-3-13(16)9-26/h3-4,7-8,10-12,17,21H,2,6H2,1H3. The van der Waals surface area contributed by atoms with Gasteiger partial charge in [0.15, 0.2) is 0 Å². The molecule has 3 amide bonds. The SMILES string of the molecule is Cn1ncc2cncc(N3C(=O)C4SC(c5cc(Cl)ccc5C#N)=CC4N(CCC#N)C3=O)c21. The van der Waals surface area contributed by atoms with E-state index in [9.17, 15) is 20.1 Å². The van der Waals surface area contributed by atoms with Crippen LogP contribution in [0.2, 0.25) is 5.02 Å². The maximum atomic E-state index is 13.7. The van der Waals surface area contributed by atoms with Crippen LogP contribution in [0.15, 0.2) is 42.9 Å². The Kier molecular flexibility index (Phi) is 5.48. The molecule has 5 rings (SSSR count). The number of amides is 3. The van der Waals surface area contributed by atoms with E-state index in [0.29, 0.717) is 37.6 Å². The number of halogens is 1. The zero-order valence-corrected chi connectivity index (χ0v) is 19.4. The van der Waals surface area contributed by atoms with E-state index in [1.54, 1.807) is 42.3 Å². The number of rotatable bonds is 4. The predicted molar refractivity (Wildman–Crippen MR) is 128 cm³/mol. The van der Waals surface area contributed by atoms with Crippen molar-refractivity contribution in [3.8, 4) is 12.1 Å². The summed E-state index contributed by atoms with van der Waals surface area (Å²) in [5.41, 5.74) is 1.97. The number of fused-ring (bicyclic) bond motifs is 2. The first-order valence-electron chi connectivity index (χ1n) is 10.3. The Labute approximate surface area is 203 Å². The van der Waals surface area contributed by atoms with Crippen molar-refractivity contribution in [1.29, 1.82) is 10.5 Å². The fraction of sp³-hybridized carbons (Fsp3) is 0.217. The van der Waals surface area contributed by atoms with Crippen LogP contribution in [0.1, 0.15) is 17.5 Å². The topological polar surface area (TPSA) is 119 Å². The van der Waals surface area contributed by atoms with E-state index >= 15 is 0 Å². The molecule has 34 heavy (non-hydrogen) atoms. The molecule has 1 aromatic carbocycles. The molecule has 0 spiro atoms. The fourth-order valence-electron chi connectivity index (χ4n) is 4.30. The number of carbonyl (C=O) groups excluding carboxylic acids is 2. The Bertz CT molecular complexity index is 1470. The second kappa shape index (κ2) is 8.49. The first-order valence-corrected chi connectivity index (χ1v) is 11.6.